The number of hydrogen-bond donors (Lipinski definition) is 1. The fraction of sp³-hybridized carbons (Fsp3) is 0.174. The Labute approximate surface area is 175 Å². The predicted molar refractivity (Wildman–Crippen MR) is 114 cm³/mol. The summed E-state index contributed by atoms with van der Waals surface area (Å²) in [5, 5.41) is 0. The second kappa shape index (κ2) is 7.27. The summed E-state index contributed by atoms with van der Waals surface area (Å²) in [4.78, 5) is 14.8. The van der Waals surface area contributed by atoms with Crippen molar-refractivity contribution < 1.29 is 17.9 Å². The van der Waals surface area contributed by atoms with Gasteiger partial charge in [0.15, 0.2) is 0 Å². The van der Waals surface area contributed by atoms with E-state index in [0.29, 0.717) is 11.3 Å². The molecule has 1 N–H and O–H groups in total. The minimum absolute atomic E-state index is 0.144. The van der Waals surface area contributed by atoms with Crippen LogP contribution in [0.3, 0.4) is 0 Å². The number of sulfonamides is 1. The van der Waals surface area contributed by atoms with Crippen molar-refractivity contribution in [3.8, 4) is 16.9 Å². The smallest absolute Gasteiger partial charge is 0.343 e. The number of carbonyl (C=O) groups excluding carboxylic acids is 1. The normalized spacial score (nSPS) is 19.1. The molecule has 5 rings (SSSR count). The van der Waals surface area contributed by atoms with Crippen molar-refractivity contribution in [2.75, 3.05) is 11.4 Å². The van der Waals surface area contributed by atoms with Gasteiger partial charge in [0.1, 0.15) is 10.6 Å². The molecule has 1 atom stereocenters. The van der Waals surface area contributed by atoms with Crippen LogP contribution in [0.25, 0.3) is 11.1 Å². The van der Waals surface area contributed by atoms with Crippen LogP contribution in [0.5, 0.6) is 5.75 Å². The highest BCUT2D eigenvalue weighted by Gasteiger charge is 2.37. The Morgan fingerprint density at radius 3 is 2.47 bits per heavy atom. The number of rotatable bonds is 3. The van der Waals surface area contributed by atoms with Crippen molar-refractivity contribution >= 4 is 21.7 Å². The molecule has 0 aromatic heterocycles. The molecule has 1 fully saturated rings. The molecule has 0 saturated carbocycles. The number of nitrogens with zero attached hydrogens (tertiary/aromatic N) is 1. The molecule has 2 aliphatic rings. The van der Waals surface area contributed by atoms with Crippen LogP contribution in [-0.2, 0) is 10.0 Å². The van der Waals surface area contributed by atoms with E-state index < -0.39 is 16.0 Å². The van der Waals surface area contributed by atoms with Crippen molar-refractivity contribution in [2.45, 2.75) is 23.9 Å². The lowest BCUT2D eigenvalue weighted by atomic mass is 10.0. The number of fused-ring (bicyclic) bond motifs is 3. The molecule has 6 nitrogen and oxygen atoms in total. The molecule has 30 heavy (non-hydrogen) atoms. The van der Waals surface area contributed by atoms with Gasteiger partial charge in [0.25, 0.3) is 0 Å². The minimum Gasteiger partial charge on any atom is -0.423 e. The molecule has 0 amide bonds. The minimum atomic E-state index is -3.64. The van der Waals surface area contributed by atoms with Gasteiger partial charge in [0, 0.05) is 12.6 Å². The van der Waals surface area contributed by atoms with Crippen molar-refractivity contribution in [3.05, 3.63) is 78.4 Å². The first kappa shape index (κ1) is 18.8. The zero-order valence-corrected chi connectivity index (χ0v) is 16.9. The average molecular weight is 420 g/mol. The molecule has 1 saturated heterocycles. The number of ether oxygens (including phenoxy) is 1. The van der Waals surface area contributed by atoms with E-state index in [1.165, 1.54) is 6.07 Å². The van der Waals surface area contributed by atoms with Crippen LogP contribution in [-0.4, -0.2) is 27.1 Å². The van der Waals surface area contributed by atoms with Gasteiger partial charge < -0.3 is 9.64 Å². The first-order valence-electron chi connectivity index (χ1n) is 9.82. The van der Waals surface area contributed by atoms with Gasteiger partial charge in [-0.25, -0.2) is 13.2 Å². The van der Waals surface area contributed by atoms with Crippen LogP contribution in [0.2, 0.25) is 0 Å². The van der Waals surface area contributed by atoms with Crippen molar-refractivity contribution in [3.63, 3.8) is 0 Å². The topological polar surface area (TPSA) is 75.7 Å². The molecule has 3 aromatic carbocycles. The van der Waals surface area contributed by atoms with E-state index in [1.54, 1.807) is 24.3 Å². The van der Waals surface area contributed by atoms with Gasteiger partial charge in [-0.1, -0.05) is 42.5 Å². The lowest BCUT2D eigenvalue weighted by Gasteiger charge is -2.33. The Kier molecular flexibility index (Phi) is 4.56. The Morgan fingerprint density at radius 2 is 1.70 bits per heavy atom. The van der Waals surface area contributed by atoms with E-state index in [9.17, 15) is 13.2 Å². The molecule has 0 aliphatic carbocycles. The fourth-order valence-electron chi connectivity index (χ4n) is 4.03. The van der Waals surface area contributed by atoms with Crippen LogP contribution >= 0.6 is 0 Å². The van der Waals surface area contributed by atoms with E-state index in [4.69, 9.17) is 4.74 Å². The predicted octanol–water partition coefficient (Wildman–Crippen LogP) is 3.79. The Hall–Kier alpha value is -3.16. The van der Waals surface area contributed by atoms with Crippen LogP contribution in [0.1, 0.15) is 23.2 Å². The largest absolute Gasteiger partial charge is 0.423 e. The molecule has 152 valence electrons. The SMILES string of the molecule is O=C(Oc1ccc2c(c1)S(=O)(=O)NC1CCCN21)c1ccc(-c2ccccc2)cc1. The molecule has 2 heterocycles. The standard InChI is InChI=1S/C23H20N2O4S/c26-23(18-10-8-17(9-11-18)16-5-2-1-3-6-16)29-19-12-13-20-21(15-19)30(27,28)24-22-7-4-14-25(20)22/h1-3,5-6,8-13,15,22,24H,4,7,14H2. The monoisotopic (exact) mass is 420 g/mol. The van der Waals surface area contributed by atoms with Crippen LogP contribution in [0.15, 0.2) is 77.7 Å². The fourth-order valence-corrected chi connectivity index (χ4v) is 5.49. The lowest BCUT2D eigenvalue weighted by Crippen LogP contribution is -2.48. The number of esters is 1. The maximum Gasteiger partial charge on any atom is 0.343 e. The van der Waals surface area contributed by atoms with Gasteiger partial charge in [0.05, 0.1) is 17.4 Å². The molecular formula is C23H20N2O4S. The van der Waals surface area contributed by atoms with E-state index in [1.807, 2.05) is 47.4 Å². The summed E-state index contributed by atoms with van der Waals surface area (Å²) in [5.74, 6) is -0.330. The number of nitrogens with one attached hydrogen (secondary N) is 1. The quantitative estimate of drug-likeness (QED) is 0.515. The highest BCUT2D eigenvalue weighted by Crippen LogP contribution is 2.37. The number of benzene rings is 3. The van der Waals surface area contributed by atoms with Gasteiger partial charge in [-0.15, -0.1) is 0 Å². The molecule has 0 spiro atoms. The molecule has 2 aliphatic heterocycles. The Bertz CT molecular complexity index is 1210. The van der Waals surface area contributed by atoms with Crippen molar-refractivity contribution in [2.24, 2.45) is 0 Å². The summed E-state index contributed by atoms with van der Waals surface area (Å²) in [6, 6.07) is 21.8. The summed E-state index contributed by atoms with van der Waals surface area (Å²) in [5.41, 5.74) is 3.11. The second-order valence-corrected chi connectivity index (χ2v) is 9.12. The highest BCUT2D eigenvalue weighted by molar-refractivity contribution is 7.89. The maximum absolute atomic E-state index is 12.6. The third-order valence-corrected chi connectivity index (χ3v) is 7.00. The van der Waals surface area contributed by atoms with Crippen LogP contribution in [0, 0.1) is 0 Å². The summed E-state index contributed by atoms with van der Waals surface area (Å²) in [7, 11) is -3.64. The van der Waals surface area contributed by atoms with Gasteiger partial charge in [-0.2, -0.15) is 4.72 Å². The summed E-state index contributed by atoms with van der Waals surface area (Å²) >= 11 is 0. The zero-order chi connectivity index (χ0) is 20.7. The van der Waals surface area contributed by atoms with Gasteiger partial charge in [-0.05, 0) is 48.2 Å². The maximum atomic E-state index is 12.6. The van der Waals surface area contributed by atoms with Crippen molar-refractivity contribution in [1.82, 2.24) is 4.72 Å². The van der Waals surface area contributed by atoms with E-state index in [-0.39, 0.29) is 16.8 Å². The van der Waals surface area contributed by atoms with Gasteiger partial charge >= 0.3 is 5.97 Å². The average Bonchev–Trinajstić information content (AvgIpc) is 3.22. The zero-order valence-electron chi connectivity index (χ0n) is 16.1. The van der Waals surface area contributed by atoms with Gasteiger partial charge in [0.2, 0.25) is 10.0 Å². The Morgan fingerprint density at radius 1 is 0.967 bits per heavy atom. The second-order valence-electron chi connectivity index (χ2n) is 7.44. The number of carbonyl (C=O) groups is 1. The van der Waals surface area contributed by atoms with Crippen LogP contribution in [0.4, 0.5) is 5.69 Å². The molecule has 0 bridgehead atoms. The first-order chi connectivity index (χ1) is 14.5. The molecular weight excluding hydrogens is 400 g/mol. The molecule has 0 radical (unpaired) electrons. The number of hydrogen-bond acceptors (Lipinski definition) is 5. The molecule has 7 heteroatoms. The van der Waals surface area contributed by atoms with E-state index in [0.717, 1.165) is 30.5 Å². The first-order valence-corrected chi connectivity index (χ1v) is 11.3. The summed E-state index contributed by atoms with van der Waals surface area (Å²) in [6.45, 7) is 0.799. The third kappa shape index (κ3) is 3.36. The van der Waals surface area contributed by atoms with Crippen molar-refractivity contribution in [1.29, 1.82) is 0 Å². The highest BCUT2D eigenvalue weighted by atomic mass is 32.2. The number of anilines is 1. The summed E-state index contributed by atoms with van der Waals surface area (Å²) in [6.07, 6.45) is 1.52. The molecule has 1 unspecified atom stereocenters. The molecule has 3 aromatic rings. The lowest BCUT2D eigenvalue weighted by molar-refractivity contribution is 0.0734. The van der Waals surface area contributed by atoms with Gasteiger partial charge in [-0.3, -0.25) is 0 Å². The Balaban J connectivity index is 1.38. The summed E-state index contributed by atoms with van der Waals surface area (Å²) < 4.78 is 33.4. The van der Waals surface area contributed by atoms with E-state index >= 15 is 0 Å². The van der Waals surface area contributed by atoms with Crippen LogP contribution < -0.4 is 14.4 Å². The third-order valence-electron chi connectivity index (χ3n) is 5.51. The van der Waals surface area contributed by atoms with E-state index in [2.05, 4.69) is 4.72 Å².